The highest BCUT2D eigenvalue weighted by Crippen LogP contribution is 2.17. The molecule has 0 saturated heterocycles. The number of amides is 2. The van der Waals surface area contributed by atoms with E-state index in [2.05, 4.69) is 21.2 Å². The zero-order valence-electron chi connectivity index (χ0n) is 16.3. The fraction of sp³-hybridized carbons (Fsp3) is 0.364. The monoisotopic (exact) mass is 430 g/mol. The first-order valence-corrected chi connectivity index (χ1v) is 9.95. The van der Waals surface area contributed by atoms with Gasteiger partial charge in [0.15, 0.2) is 0 Å². The van der Waals surface area contributed by atoms with Crippen LogP contribution in [0.3, 0.4) is 0 Å². The molecule has 0 spiro atoms. The highest BCUT2D eigenvalue weighted by molar-refractivity contribution is 9.10. The Labute approximate surface area is 170 Å². The topological polar surface area (TPSA) is 49.4 Å². The fourth-order valence-corrected chi connectivity index (χ4v) is 3.36. The molecule has 1 atom stereocenters. The van der Waals surface area contributed by atoms with Gasteiger partial charge in [0.2, 0.25) is 11.8 Å². The predicted molar refractivity (Wildman–Crippen MR) is 112 cm³/mol. The number of aryl methyl sites for hydroxylation is 1. The van der Waals surface area contributed by atoms with Gasteiger partial charge in [-0.05, 0) is 51.0 Å². The number of carbonyl (C=O) groups is 2. The molecule has 1 N–H and O–H groups in total. The lowest BCUT2D eigenvalue weighted by Gasteiger charge is -2.29. The molecule has 0 aliphatic rings. The van der Waals surface area contributed by atoms with Crippen molar-refractivity contribution in [3.05, 3.63) is 69.7 Å². The van der Waals surface area contributed by atoms with E-state index < -0.39 is 6.04 Å². The summed E-state index contributed by atoms with van der Waals surface area (Å²) in [4.78, 5) is 27.3. The van der Waals surface area contributed by atoms with Crippen molar-refractivity contribution >= 4 is 27.7 Å². The van der Waals surface area contributed by atoms with E-state index in [1.807, 2.05) is 69.3 Å². The quantitative estimate of drug-likeness (QED) is 0.713. The summed E-state index contributed by atoms with van der Waals surface area (Å²) in [7, 11) is 0. The Bertz CT molecular complexity index is 804. The molecule has 0 unspecified atom stereocenters. The fourth-order valence-electron chi connectivity index (χ4n) is 2.92. The van der Waals surface area contributed by atoms with E-state index in [-0.39, 0.29) is 24.3 Å². The third kappa shape index (κ3) is 6.51. The Morgan fingerprint density at radius 3 is 2.33 bits per heavy atom. The van der Waals surface area contributed by atoms with Crippen LogP contribution in [0.1, 0.15) is 37.5 Å². The standard InChI is InChI=1S/C22H27BrN2O2/c1-15(2)24-22(27)17(4)25(14-19-9-6-10-20(23)12-19)21(26)13-18-8-5-7-16(3)11-18/h5-12,15,17H,13-14H2,1-4H3,(H,24,27)/t17-/m1/s1. The number of benzene rings is 2. The van der Waals surface area contributed by atoms with Gasteiger partial charge < -0.3 is 10.2 Å². The summed E-state index contributed by atoms with van der Waals surface area (Å²) in [5.74, 6) is -0.204. The number of nitrogens with zero attached hydrogens (tertiary/aromatic N) is 1. The van der Waals surface area contributed by atoms with Gasteiger partial charge in [-0.2, -0.15) is 0 Å². The lowest BCUT2D eigenvalue weighted by molar-refractivity contribution is -0.140. The van der Waals surface area contributed by atoms with Crippen molar-refractivity contribution in [3.8, 4) is 0 Å². The lowest BCUT2D eigenvalue weighted by Crippen LogP contribution is -2.49. The minimum atomic E-state index is -0.552. The van der Waals surface area contributed by atoms with E-state index in [0.29, 0.717) is 6.54 Å². The molecule has 0 aromatic heterocycles. The lowest BCUT2D eigenvalue weighted by atomic mass is 10.1. The van der Waals surface area contributed by atoms with E-state index in [0.717, 1.165) is 21.2 Å². The van der Waals surface area contributed by atoms with Crippen molar-refractivity contribution in [2.75, 3.05) is 0 Å². The molecular formula is C22H27BrN2O2. The molecule has 5 heteroatoms. The van der Waals surface area contributed by atoms with E-state index in [4.69, 9.17) is 0 Å². The first-order chi connectivity index (χ1) is 12.8. The zero-order valence-corrected chi connectivity index (χ0v) is 17.9. The van der Waals surface area contributed by atoms with Crippen LogP contribution in [0.5, 0.6) is 0 Å². The van der Waals surface area contributed by atoms with Crippen LogP contribution in [-0.2, 0) is 22.6 Å². The van der Waals surface area contributed by atoms with Crippen LogP contribution in [0.25, 0.3) is 0 Å². The van der Waals surface area contributed by atoms with E-state index >= 15 is 0 Å². The molecule has 144 valence electrons. The van der Waals surface area contributed by atoms with Gasteiger partial charge in [-0.1, -0.05) is 57.9 Å². The molecule has 2 aromatic carbocycles. The molecular weight excluding hydrogens is 404 g/mol. The Morgan fingerprint density at radius 1 is 1.04 bits per heavy atom. The van der Waals surface area contributed by atoms with Crippen LogP contribution in [0.4, 0.5) is 0 Å². The van der Waals surface area contributed by atoms with Crippen LogP contribution < -0.4 is 5.32 Å². The molecule has 0 heterocycles. The van der Waals surface area contributed by atoms with Gasteiger partial charge in [-0.3, -0.25) is 9.59 Å². The number of carbonyl (C=O) groups excluding carboxylic acids is 2. The molecule has 2 rings (SSSR count). The van der Waals surface area contributed by atoms with Gasteiger partial charge in [-0.15, -0.1) is 0 Å². The summed E-state index contributed by atoms with van der Waals surface area (Å²) in [5.41, 5.74) is 3.05. The van der Waals surface area contributed by atoms with Crippen molar-refractivity contribution in [2.45, 2.75) is 52.7 Å². The molecule has 0 aliphatic heterocycles. The SMILES string of the molecule is Cc1cccc(CC(=O)N(Cc2cccc(Br)c2)[C@H](C)C(=O)NC(C)C)c1. The maximum Gasteiger partial charge on any atom is 0.242 e. The van der Waals surface area contributed by atoms with Crippen LogP contribution >= 0.6 is 15.9 Å². The van der Waals surface area contributed by atoms with Crippen molar-refractivity contribution in [3.63, 3.8) is 0 Å². The highest BCUT2D eigenvalue weighted by Gasteiger charge is 2.26. The third-order valence-corrected chi connectivity index (χ3v) is 4.77. The van der Waals surface area contributed by atoms with E-state index in [9.17, 15) is 9.59 Å². The maximum absolute atomic E-state index is 13.1. The first-order valence-electron chi connectivity index (χ1n) is 9.16. The number of hydrogen-bond acceptors (Lipinski definition) is 2. The summed E-state index contributed by atoms with van der Waals surface area (Å²) >= 11 is 3.47. The molecule has 0 bridgehead atoms. The first kappa shape index (κ1) is 21.2. The van der Waals surface area contributed by atoms with Crippen LogP contribution in [-0.4, -0.2) is 28.8 Å². The van der Waals surface area contributed by atoms with Crippen molar-refractivity contribution in [2.24, 2.45) is 0 Å². The Kier molecular flexibility index (Phi) is 7.60. The molecule has 2 aromatic rings. The average Bonchev–Trinajstić information content (AvgIpc) is 2.58. The molecule has 27 heavy (non-hydrogen) atoms. The molecule has 4 nitrogen and oxygen atoms in total. The minimum absolute atomic E-state index is 0.0274. The second-order valence-electron chi connectivity index (χ2n) is 7.16. The minimum Gasteiger partial charge on any atom is -0.352 e. The van der Waals surface area contributed by atoms with E-state index in [1.54, 1.807) is 11.8 Å². The Hall–Kier alpha value is -2.14. The highest BCUT2D eigenvalue weighted by atomic mass is 79.9. The maximum atomic E-state index is 13.1. The molecule has 0 radical (unpaired) electrons. The summed E-state index contributed by atoms with van der Waals surface area (Å²) in [5, 5.41) is 2.91. The summed E-state index contributed by atoms with van der Waals surface area (Å²) in [6, 6.07) is 15.2. The van der Waals surface area contributed by atoms with Gasteiger partial charge >= 0.3 is 0 Å². The number of rotatable bonds is 7. The van der Waals surface area contributed by atoms with Gasteiger partial charge in [0.25, 0.3) is 0 Å². The van der Waals surface area contributed by atoms with Crippen LogP contribution in [0.2, 0.25) is 0 Å². The van der Waals surface area contributed by atoms with Gasteiger partial charge in [0.1, 0.15) is 6.04 Å². The van der Waals surface area contributed by atoms with Gasteiger partial charge in [0.05, 0.1) is 6.42 Å². The van der Waals surface area contributed by atoms with Crippen LogP contribution in [0.15, 0.2) is 53.0 Å². The zero-order chi connectivity index (χ0) is 20.0. The molecule has 0 saturated carbocycles. The smallest absolute Gasteiger partial charge is 0.242 e. The van der Waals surface area contributed by atoms with Gasteiger partial charge in [0, 0.05) is 17.1 Å². The number of halogens is 1. The average molecular weight is 431 g/mol. The Balaban J connectivity index is 2.24. The van der Waals surface area contributed by atoms with Crippen molar-refractivity contribution < 1.29 is 9.59 Å². The second kappa shape index (κ2) is 9.70. The van der Waals surface area contributed by atoms with E-state index in [1.165, 1.54) is 0 Å². The second-order valence-corrected chi connectivity index (χ2v) is 8.07. The summed E-state index contributed by atoms with van der Waals surface area (Å²) < 4.78 is 0.949. The Morgan fingerprint density at radius 2 is 1.70 bits per heavy atom. The summed E-state index contributed by atoms with van der Waals surface area (Å²) in [6.07, 6.45) is 0.273. The van der Waals surface area contributed by atoms with Crippen LogP contribution in [0, 0.1) is 6.92 Å². The number of hydrogen-bond donors (Lipinski definition) is 1. The molecule has 0 aliphatic carbocycles. The van der Waals surface area contributed by atoms with Crippen molar-refractivity contribution in [1.82, 2.24) is 10.2 Å². The largest absolute Gasteiger partial charge is 0.352 e. The van der Waals surface area contributed by atoms with Crippen molar-refractivity contribution in [1.29, 1.82) is 0 Å². The third-order valence-electron chi connectivity index (χ3n) is 4.28. The van der Waals surface area contributed by atoms with Gasteiger partial charge in [-0.25, -0.2) is 0 Å². The predicted octanol–water partition coefficient (Wildman–Crippen LogP) is 4.24. The molecule has 0 fully saturated rings. The molecule has 2 amide bonds. The normalized spacial score (nSPS) is 11.9. The summed E-state index contributed by atoms with van der Waals surface area (Å²) in [6.45, 7) is 8.00. The number of nitrogens with one attached hydrogen (secondary N) is 1.